The van der Waals surface area contributed by atoms with Crippen LogP contribution in [0.5, 0.6) is 5.75 Å². The van der Waals surface area contributed by atoms with Crippen molar-refractivity contribution in [2.75, 3.05) is 11.9 Å². The molecular weight excluding hydrogens is 561 g/mol. The summed E-state index contributed by atoms with van der Waals surface area (Å²) in [5.74, 6) is 0.914. The number of nitrogens with zero attached hydrogens (tertiary/aromatic N) is 1. The van der Waals surface area contributed by atoms with Crippen LogP contribution in [-0.4, -0.2) is 22.6 Å². The van der Waals surface area contributed by atoms with Gasteiger partial charge in [0.25, 0.3) is 5.91 Å². The SMILES string of the molecule is CCOc1ccc(-c2nc3cc(NC(=S)NC(=O)c4cc(I)ccc4Cl)ccc3o2)cc1. The zero-order chi connectivity index (χ0) is 22.7. The van der Waals surface area contributed by atoms with Gasteiger partial charge in [0.15, 0.2) is 10.7 Å². The number of aromatic nitrogens is 1. The molecule has 162 valence electrons. The number of carbonyl (C=O) groups is 1. The molecule has 9 heteroatoms. The van der Waals surface area contributed by atoms with E-state index in [1.807, 2.05) is 37.3 Å². The molecular formula is C23H17ClIN3O3S. The van der Waals surface area contributed by atoms with E-state index in [-0.39, 0.29) is 11.0 Å². The summed E-state index contributed by atoms with van der Waals surface area (Å²) in [6.07, 6.45) is 0. The summed E-state index contributed by atoms with van der Waals surface area (Å²) < 4.78 is 12.2. The molecule has 0 aliphatic heterocycles. The lowest BCUT2D eigenvalue weighted by Crippen LogP contribution is -2.34. The van der Waals surface area contributed by atoms with Gasteiger partial charge in [-0.3, -0.25) is 10.1 Å². The number of fused-ring (bicyclic) bond motifs is 1. The Bertz CT molecular complexity index is 1310. The summed E-state index contributed by atoms with van der Waals surface area (Å²) in [7, 11) is 0. The molecule has 1 heterocycles. The van der Waals surface area contributed by atoms with E-state index in [1.54, 1.807) is 30.3 Å². The van der Waals surface area contributed by atoms with Gasteiger partial charge in [-0.2, -0.15) is 0 Å². The van der Waals surface area contributed by atoms with Crippen LogP contribution in [0.2, 0.25) is 5.02 Å². The maximum Gasteiger partial charge on any atom is 0.258 e. The number of oxazole rings is 1. The molecule has 3 aromatic carbocycles. The highest BCUT2D eigenvalue weighted by atomic mass is 127. The molecule has 2 N–H and O–H groups in total. The minimum absolute atomic E-state index is 0.152. The van der Waals surface area contributed by atoms with Crippen LogP contribution in [0, 0.1) is 3.57 Å². The van der Waals surface area contributed by atoms with Crippen molar-refractivity contribution in [1.82, 2.24) is 10.3 Å². The van der Waals surface area contributed by atoms with Gasteiger partial charge in [0, 0.05) is 14.8 Å². The van der Waals surface area contributed by atoms with Gasteiger partial charge in [0.05, 0.1) is 17.2 Å². The highest BCUT2D eigenvalue weighted by Gasteiger charge is 2.14. The Morgan fingerprint density at radius 1 is 1.16 bits per heavy atom. The molecule has 0 saturated heterocycles. The second kappa shape index (κ2) is 9.85. The Kier molecular flexibility index (Phi) is 6.92. The number of anilines is 1. The number of benzene rings is 3. The van der Waals surface area contributed by atoms with Crippen molar-refractivity contribution in [3.8, 4) is 17.2 Å². The molecule has 0 spiro atoms. The first-order valence-electron chi connectivity index (χ1n) is 9.64. The molecule has 4 rings (SSSR count). The van der Waals surface area contributed by atoms with Gasteiger partial charge in [-0.25, -0.2) is 4.98 Å². The molecule has 0 aliphatic rings. The van der Waals surface area contributed by atoms with Crippen LogP contribution in [0.15, 0.2) is 65.1 Å². The summed E-state index contributed by atoms with van der Waals surface area (Å²) in [5.41, 5.74) is 3.17. The third-order valence-electron chi connectivity index (χ3n) is 4.46. The molecule has 32 heavy (non-hydrogen) atoms. The second-order valence-electron chi connectivity index (χ2n) is 6.69. The van der Waals surface area contributed by atoms with Gasteiger partial charge in [-0.1, -0.05) is 11.6 Å². The zero-order valence-corrected chi connectivity index (χ0v) is 20.5. The molecule has 6 nitrogen and oxygen atoms in total. The molecule has 1 amide bonds. The lowest BCUT2D eigenvalue weighted by atomic mass is 10.2. The predicted molar refractivity (Wildman–Crippen MR) is 138 cm³/mol. The van der Waals surface area contributed by atoms with Crippen molar-refractivity contribution in [3.05, 3.63) is 74.8 Å². The van der Waals surface area contributed by atoms with E-state index < -0.39 is 0 Å². The maximum atomic E-state index is 12.5. The average Bonchev–Trinajstić information content (AvgIpc) is 3.19. The molecule has 0 atom stereocenters. The quantitative estimate of drug-likeness (QED) is 0.215. The first-order chi connectivity index (χ1) is 15.4. The molecule has 0 saturated carbocycles. The number of nitrogens with one attached hydrogen (secondary N) is 2. The molecule has 0 bridgehead atoms. The third kappa shape index (κ3) is 5.20. The summed E-state index contributed by atoms with van der Waals surface area (Å²) in [5, 5.41) is 6.15. The number of halogens is 2. The molecule has 0 unspecified atom stereocenters. The molecule has 4 aromatic rings. The number of thiocarbonyl (C=S) groups is 1. The normalized spacial score (nSPS) is 10.7. The fourth-order valence-corrected chi connectivity index (χ4v) is 3.90. The molecule has 0 aliphatic carbocycles. The van der Waals surface area contributed by atoms with Gasteiger partial charge in [-0.15, -0.1) is 0 Å². The third-order valence-corrected chi connectivity index (χ3v) is 5.66. The van der Waals surface area contributed by atoms with E-state index in [0.29, 0.717) is 39.9 Å². The highest BCUT2D eigenvalue weighted by molar-refractivity contribution is 14.1. The predicted octanol–water partition coefficient (Wildman–Crippen LogP) is 6.28. The smallest absolute Gasteiger partial charge is 0.258 e. The van der Waals surface area contributed by atoms with Crippen LogP contribution in [0.25, 0.3) is 22.6 Å². The van der Waals surface area contributed by atoms with Crippen LogP contribution in [-0.2, 0) is 0 Å². The van der Waals surface area contributed by atoms with Gasteiger partial charge in [-0.05, 0) is 102 Å². The molecule has 0 fully saturated rings. The lowest BCUT2D eigenvalue weighted by molar-refractivity contribution is 0.0978. The van der Waals surface area contributed by atoms with E-state index in [4.69, 9.17) is 33.0 Å². The van der Waals surface area contributed by atoms with Crippen LogP contribution < -0.4 is 15.4 Å². The van der Waals surface area contributed by atoms with Gasteiger partial charge in [0.2, 0.25) is 5.89 Å². The standard InChI is InChI=1S/C23H17ClIN3O3S/c1-2-30-16-7-3-13(4-8-16)22-27-19-12-15(6-10-20(19)31-22)26-23(32)28-21(29)17-11-14(25)5-9-18(17)24/h3-12H,2H2,1H3,(H2,26,28,29,32). The fraction of sp³-hybridized carbons (Fsp3) is 0.0870. The fourth-order valence-electron chi connectivity index (χ4n) is 2.99. The minimum Gasteiger partial charge on any atom is -0.494 e. The van der Waals surface area contributed by atoms with E-state index in [2.05, 4.69) is 38.2 Å². The Balaban J connectivity index is 1.47. The first-order valence-corrected chi connectivity index (χ1v) is 11.5. The number of ether oxygens (including phenoxy) is 1. The Hall–Kier alpha value is -2.69. The summed E-state index contributed by atoms with van der Waals surface area (Å²) in [4.78, 5) is 17.1. The maximum absolute atomic E-state index is 12.5. The van der Waals surface area contributed by atoms with Gasteiger partial charge < -0.3 is 14.5 Å². The Morgan fingerprint density at radius 3 is 2.69 bits per heavy atom. The van der Waals surface area contributed by atoms with Crippen LogP contribution in [0.4, 0.5) is 5.69 Å². The van der Waals surface area contributed by atoms with Crippen molar-refractivity contribution >= 4 is 74.2 Å². The number of rotatable bonds is 5. The second-order valence-corrected chi connectivity index (χ2v) is 8.75. The lowest BCUT2D eigenvalue weighted by Gasteiger charge is -2.10. The van der Waals surface area contributed by atoms with E-state index in [9.17, 15) is 4.79 Å². The van der Waals surface area contributed by atoms with E-state index >= 15 is 0 Å². The van der Waals surface area contributed by atoms with E-state index in [0.717, 1.165) is 14.9 Å². The van der Waals surface area contributed by atoms with Crippen molar-refractivity contribution in [2.24, 2.45) is 0 Å². The highest BCUT2D eigenvalue weighted by Crippen LogP contribution is 2.27. The Morgan fingerprint density at radius 2 is 1.94 bits per heavy atom. The zero-order valence-electron chi connectivity index (χ0n) is 16.8. The number of hydrogen-bond acceptors (Lipinski definition) is 5. The number of hydrogen-bond donors (Lipinski definition) is 2. The first kappa shape index (κ1) is 22.5. The topological polar surface area (TPSA) is 76.4 Å². The van der Waals surface area contributed by atoms with Crippen LogP contribution in [0.1, 0.15) is 17.3 Å². The summed E-state index contributed by atoms with van der Waals surface area (Å²) >= 11 is 13.5. The monoisotopic (exact) mass is 577 g/mol. The van der Waals surface area contributed by atoms with Crippen LogP contribution >= 0.6 is 46.4 Å². The minimum atomic E-state index is -0.383. The van der Waals surface area contributed by atoms with E-state index in [1.165, 1.54) is 0 Å². The van der Waals surface area contributed by atoms with Crippen LogP contribution in [0.3, 0.4) is 0 Å². The summed E-state index contributed by atoms with van der Waals surface area (Å²) in [6.45, 7) is 2.55. The van der Waals surface area contributed by atoms with Crippen molar-refractivity contribution < 1.29 is 13.9 Å². The van der Waals surface area contributed by atoms with Gasteiger partial charge in [0.1, 0.15) is 11.3 Å². The number of carbonyl (C=O) groups excluding carboxylic acids is 1. The van der Waals surface area contributed by atoms with Crippen molar-refractivity contribution in [2.45, 2.75) is 6.92 Å². The Labute approximate surface area is 208 Å². The molecule has 0 radical (unpaired) electrons. The average molecular weight is 578 g/mol. The number of amides is 1. The van der Waals surface area contributed by atoms with Gasteiger partial charge >= 0.3 is 0 Å². The molecule has 1 aromatic heterocycles. The van der Waals surface area contributed by atoms with Crippen molar-refractivity contribution in [1.29, 1.82) is 0 Å². The largest absolute Gasteiger partial charge is 0.494 e. The summed E-state index contributed by atoms with van der Waals surface area (Å²) in [6, 6.07) is 18.1. The van der Waals surface area contributed by atoms with Crippen molar-refractivity contribution in [3.63, 3.8) is 0 Å².